The van der Waals surface area contributed by atoms with Crippen LogP contribution in [-0.4, -0.2) is 81.8 Å². The van der Waals surface area contributed by atoms with Gasteiger partial charge in [-0.05, 0) is 25.5 Å². The quantitative estimate of drug-likeness (QED) is 0.263. The molecule has 0 amide bonds. The van der Waals surface area contributed by atoms with E-state index in [2.05, 4.69) is 35.1 Å². The first-order chi connectivity index (χ1) is 18.7. The van der Waals surface area contributed by atoms with Gasteiger partial charge in [0, 0.05) is 25.6 Å². The van der Waals surface area contributed by atoms with Crippen molar-refractivity contribution >= 4 is 9.84 Å². The molecular weight excluding hydrogens is 528 g/mol. The molecule has 0 saturated carbocycles. The summed E-state index contributed by atoms with van der Waals surface area (Å²) in [4.78, 5) is 21.3. The third kappa shape index (κ3) is 5.63. The summed E-state index contributed by atoms with van der Waals surface area (Å²) in [6, 6.07) is 5.07. The van der Waals surface area contributed by atoms with E-state index in [0.717, 1.165) is 5.56 Å². The Balaban J connectivity index is 1.85. The number of hydrogen-bond acceptors (Lipinski definition) is 13. The van der Waals surface area contributed by atoms with Crippen LogP contribution in [0.15, 0.2) is 36.9 Å². The third-order valence-corrected chi connectivity index (χ3v) is 7.93. The molecule has 0 spiro atoms. The van der Waals surface area contributed by atoms with E-state index in [1.807, 2.05) is 6.92 Å². The smallest absolute Gasteiger partial charge is 0.245 e. The Morgan fingerprint density at radius 3 is 2.18 bits per heavy atom. The Morgan fingerprint density at radius 2 is 1.59 bits per heavy atom. The first-order valence-electron chi connectivity index (χ1n) is 11.7. The van der Waals surface area contributed by atoms with Gasteiger partial charge in [0.1, 0.15) is 23.9 Å². The highest BCUT2D eigenvalue weighted by Gasteiger charge is 2.35. The van der Waals surface area contributed by atoms with Gasteiger partial charge in [-0.15, -0.1) is 10.2 Å². The highest BCUT2D eigenvalue weighted by molar-refractivity contribution is 7.91. The second-order valence-corrected chi connectivity index (χ2v) is 10.7. The lowest BCUT2D eigenvalue weighted by Gasteiger charge is -2.22. The van der Waals surface area contributed by atoms with Crippen LogP contribution in [0.4, 0.5) is 0 Å². The van der Waals surface area contributed by atoms with Gasteiger partial charge < -0.3 is 18.9 Å². The van der Waals surface area contributed by atoms with E-state index in [-0.39, 0.29) is 34.9 Å². The topological polar surface area (TPSA) is 166 Å². The van der Waals surface area contributed by atoms with Crippen LogP contribution >= 0.6 is 0 Å². The number of methoxy groups -OCH3 is 4. The molecule has 206 valence electrons. The van der Waals surface area contributed by atoms with Crippen LogP contribution in [0.1, 0.15) is 30.2 Å². The van der Waals surface area contributed by atoms with Gasteiger partial charge in [-0.3, -0.25) is 4.57 Å². The SMILES string of the molecule is COc1cccc(-c2nnc(CS(=O)(=O)[C@@H](C)[C@H](OC)c3ncc(C)cn3)n2-c2c(OC)ncnc2OC)n1. The van der Waals surface area contributed by atoms with Gasteiger partial charge in [-0.1, -0.05) is 6.07 Å². The first-order valence-corrected chi connectivity index (χ1v) is 13.4. The van der Waals surface area contributed by atoms with Crippen molar-refractivity contribution in [2.45, 2.75) is 31.0 Å². The third-order valence-electron chi connectivity index (χ3n) is 5.89. The average Bonchev–Trinajstić information content (AvgIpc) is 3.35. The fourth-order valence-corrected chi connectivity index (χ4v) is 5.28. The fraction of sp³-hybridized carbons (Fsp3) is 0.375. The van der Waals surface area contributed by atoms with Gasteiger partial charge in [0.2, 0.25) is 17.6 Å². The van der Waals surface area contributed by atoms with Gasteiger partial charge in [-0.2, -0.15) is 9.97 Å². The molecule has 4 heterocycles. The van der Waals surface area contributed by atoms with E-state index in [4.69, 9.17) is 18.9 Å². The number of aromatic nitrogens is 8. The van der Waals surface area contributed by atoms with Gasteiger partial charge in [-0.25, -0.2) is 23.4 Å². The highest BCUT2D eigenvalue weighted by atomic mass is 32.2. The van der Waals surface area contributed by atoms with Gasteiger partial charge in [0.25, 0.3) is 0 Å². The molecule has 4 aromatic rings. The molecule has 0 N–H and O–H groups in total. The van der Waals surface area contributed by atoms with E-state index < -0.39 is 26.9 Å². The molecule has 4 aromatic heterocycles. The van der Waals surface area contributed by atoms with E-state index in [9.17, 15) is 8.42 Å². The minimum atomic E-state index is -3.93. The fourth-order valence-electron chi connectivity index (χ4n) is 3.86. The molecule has 4 rings (SSSR count). The minimum absolute atomic E-state index is 0.0487. The van der Waals surface area contributed by atoms with Crippen molar-refractivity contribution in [3.05, 3.63) is 54.1 Å². The maximum atomic E-state index is 13.7. The molecule has 0 aliphatic rings. The monoisotopic (exact) mass is 556 g/mol. The highest BCUT2D eigenvalue weighted by Crippen LogP contribution is 2.34. The molecule has 0 aliphatic heterocycles. The summed E-state index contributed by atoms with van der Waals surface area (Å²) in [5.41, 5.74) is 1.40. The normalized spacial score (nSPS) is 13.1. The Morgan fingerprint density at radius 1 is 0.923 bits per heavy atom. The number of ether oxygens (including phenoxy) is 4. The zero-order valence-electron chi connectivity index (χ0n) is 22.3. The van der Waals surface area contributed by atoms with E-state index in [0.29, 0.717) is 11.6 Å². The predicted octanol–water partition coefficient (Wildman–Crippen LogP) is 1.93. The standard InChI is InChI=1S/C24H28N8O6S/c1-14-10-25-21(26-11-14)20(36-4)15(2)39(33,34)12-17-30-31-22(16-8-7-9-18(29-16)35-3)32(17)19-23(37-5)27-13-28-24(19)38-6/h7-11,13,15,20H,12H2,1-6H3/t15-,20-/m0/s1. The van der Waals surface area contributed by atoms with Crippen molar-refractivity contribution in [1.29, 1.82) is 0 Å². The zero-order chi connectivity index (χ0) is 28.2. The van der Waals surface area contributed by atoms with Crippen LogP contribution in [0.2, 0.25) is 0 Å². The number of hydrogen-bond donors (Lipinski definition) is 0. The second-order valence-electron chi connectivity index (χ2n) is 8.37. The molecular formula is C24H28N8O6S. The molecule has 14 nitrogen and oxygen atoms in total. The lowest BCUT2D eigenvalue weighted by molar-refractivity contribution is 0.0947. The van der Waals surface area contributed by atoms with Crippen molar-refractivity contribution in [3.8, 4) is 34.8 Å². The Labute approximate surface area is 225 Å². The number of sulfone groups is 1. The first kappa shape index (κ1) is 27.8. The van der Waals surface area contributed by atoms with Crippen molar-refractivity contribution in [1.82, 2.24) is 39.7 Å². The molecule has 0 saturated heterocycles. The number of aryl methyl sites for hydroxylation is 1. The van der Waals surface area contributed by atoms with Gasteiger partial charge in [0.15, 0.2) is 33.0 Å². The Hall–Kier alpha value is -4.24. The largest absolute Gasteiger partial charge is 0.481 e. The molecule has 0 unspecified atom stereocenters. The van der Waals surface area contributed by atoms with E-state index >= 15 is 0 Å². The van der Waals surface area contributed by atoms with Crippen molar-refractivity contribution in [2.24, 2.45) is 0 Å². The van der Waals surface area contributed by atoms with Gasteiger partial charge >= 0.3 is 0 Å². The Kier molecular flexibility index (Phi) is 8.30. The maximum absolute atomic E-state index is 13.7. The minimum Gasteiger partial charge on any atom is -0.481 e. The number of pyridine rings is 1. The summed E-state index contributed by atoms with van der Waals surface area (Å²) >= 11 is 0. The van der Waals surface area contributed by atoms with Crippen molar-refractivity contribution in [2.75, 3.05) is 28.4 Å². The predicted molar refractivity (Wildman–Crippen MR) is 138 cm³/mol. The maximum Gasteiger partial charge on any atom is 0.245 e. The molecule has 2 atom stereocenters. The molecule has 0 aromatic carbocycles. The summed E-state index contributed by atoms with van der Waals surface area (Å²) < 4.78 is 50.6. The average molecular weight is 557 g/mol. The van der Waals surface area contributed by atoms with Crippen LogP contribution in [0, 0.1) is 6.92 Å². The number of nitrogens with zero attached hydrogens (tertiary/aromatic N) is 8. The van der Waals surface area contributed by atoms with E-state index in [1.165, 1.54) is 46.3 Å². The molecule has 0 bridgehead atoms. The van der Waals surface area contributed by atoms with Crippen LogP contribution in [0.3, 0.4) is 0 Å². The zero-order valence-corrected chi connectivity index (χ0v) is 23.1. The van der Waals surface area contributed by atoms with Crippen LogP contribution in [-0.2, 0) is 20.3 Å². The van der Waals surface area contributed by atoms with Gasteiger partial charge in [0.05, 0.1) is 26.6 Å². The molecule has 0 radical (unpaired) electrons. The lowest BCUT2D eigenvalue weighted by atomic mass is 10.2. The Bertz CT molecular complexity index is 1520. The van der Waals surface area contributed by atoms with Crippen LogP contribution in [0.25, 0.3) is 17.2 Å². The summed E-state index contributed by atoms with van der Waals surface area (Å²) in [6.07, 6.45) is 3.55. The second kappa shape index (κ2) is 11.7. The number of rotatable bonds is 11. The molecule has 15 heteroatoms. The van der Waals surface area contributed by atoms with Crippen molar-refractivity contribution in [3.63, 3.8) is 0 Å². The van der Waals surface area contributed by atoms with E-state index in [1.54, 1.807) is 30.6 Å². The summed E-state index contributed by atoms with van der Waals surface area (Å²) in [5, 5.41) is 7.46. The molecule has 0 aliphatic carbocycles. The summed E-state index contributed by atoms with van der Waals surface area (Å²) in [6.45, 7) is 3.37. The summed E-state index contributed by atoms with van der Waals surface area (Å²) in [7, 11) is 1.80. The van der Waals surface area contributed by atoms with Crippen LogP contribution < -0.4 is 14.2 Å². The van der Waals surface area contributed by atoms with Crippen LogP contribution in [0.5, 0.6) is 17.6 Å². The molecule has 0 fully saturated rings. The molecule has 39 heavy (non-hydrogen) atoms. The summed E-state index contributed by atoms with van der Waals surface area (Å²) in [5.74, 6) is 0.519. The lowest BCUT2D eigenvalue weighted by Crippen LogP contribution is -2.30. The van der Waals surface area contributed by atoms with Crippen molar-refractivity contribution < 1.29 is 27.4 Å².